The Morgan fingerprint density at radius 2 is 1.97 bits per heavy atom. The summed E-state index contributed by atoms with van der Waals surface area (Å²) in [5.41, 5.74) is 0.723. The van der Waals surface area contributed by atoms with Gasteiger partial charge in [-0.15, -0.1) is 0 Å². The molecule has 10 nitrogen and oxygen atoms in total. The van der Waals surface area contributed by atoms with Crippen molar-refractivity contribution in [2.24, 2.45) is 0 Å². The molecule has 5 heterocycles. The van der Waals surface area contributed by atoms with E-state index in [9.17, 15) is 14.0 Å². The van der Waals surface area contributed by atoms with Crippen LogP contribution in [0.2, 0.25) is 0 Å². The highest BCUT2D eigenvalue weighted by Crippen LogP contribution is 2.39. The highest BCUT2D eigenvalue weighted by Gasteiger charge is 2.44. The number of nitrogens with zero attached hydrogens (tertiary/aromatic N) is 5. The second-order valence-electron chi connectivity index (χ2n) is 9.43. The van der Waals surface area contributed by atoms with Gasteiger partial charge in [0, 0.05) is 17.3 Å². The lowest BCUT2D eigenvalue weighted by atomic mass is 9.85. The Hall–Kier alpha value is -4.93. The predicted octanol–water partition coefficient (Wildman–Crippen LogP) is 3.83. The molecule has 6 rings (SSSR count). The average Bonchev–Trinajstić information content (AvgIpc) is 3.61. The fraction of sp³-hybridized carbons (Fsp3) is 0.185. The number of aromatic nitrogens is 5. The lowest BCUT2D eigenvalue weighted by Gasteiger charge is -2.18. The second kappa shape index (κ2) is 8.87. The van der Waals surface area contributed by atoms with Crippen LogP contribution in [0.1, 0.15) is 41.2 Å². The van der Waals surface area contributed by atoms with Crippen molar-refractivity contribution < 1.29 is 18.4 Å². The van der Waals surface area contributed by atoms with E-state index in [0.717, 1.165) is 0 Å². The van der Waals surface area contributed by atoms with Crippen LogP contribution in [-0.4, -0.2) is 36.5 Å². The van der Waals surface area contributed by atoms with Crippen LogP contribution in [0.4, 0.5) is 10.2 Å². The Kier molecular flexibility index (Phi) is 5.48. The molecule has 0 atom stereocenters. The van der Waals surface area contributed by atoms with E-state index in [1.54, 1.807) is 67.2 Å². The van der Waals surface area contributed by atoms with Crippen LogP contribution in [0.3, 0.4) is 0 Å². The molecule has 1 aliphatic heterocycles. The number of carbonyl (C=O) groups is 2. The van der Waals surface area contributed by atoms with Gasteiger partial charge in [0.2, 0.25) is 5.91 Å². The van der Waals surface area contributed by atoms with E-state index in [-0.39, 0.29) is 42.2 Å². The van der Waals surface area contributed by atoms with Crippen molar-refractivity contribution in [3.05, 3.63) is 89.4 Å². The molecule has 0 spiro atoms. The summed E-state index contributed by atoms with van der Waals surface area (Å²) >= 11 is 0. The van der Waals surface area contributed by atoms with Crippen molar-refractivity contribution in [3.63, 3.8) is 0 Å². The molecule has 2 amide bonds. The average molecular weight is 512 g/mol. The predicted molar refractivity (Wildman–Crippen MR) is 136 cm³/mol. The Bertz CT molecular complexity index is 1710. The molecular formula is C27H22FN7O3. The first kappa shape index (κ1) is 23.5. The normalized spacial score (nSPS) is 13.9. The van der Waals surface area contributed by atoms with Crippen molar-refractivity contribution >= 4 is 28.7 Å². The zero-order chi connectivity index (χ0) is 26.4. The Labute approximate surface area is 215 Å². The minimum absolute atomic E-state index is 0.0561. The van der Waals surface area contributed by atoms with E-state index in [0.29, 0.717) is 33.6 Å². The topological polar surface area (TPSA) is 128 Å². The molecule has 38 heavy (non-hydrogen) atoms. The zero-order valence-corrected chi connectivity index (χ0v) is 20.5. The van der Waals surface area contributed by atoms with Crippen LogP contribution in [0.25, 0.3) is 22.6 Å². The molecule has 1 aromatic carbocycles. The number of fused-ring (bicyclic) bond motifs is 2. The van der Waals surface area contributed by atoms with Gasteiger partial charge >= 0.3 is 0 Å². The second-order valence-corrected chi connectivity index (χ2v) is 9.43. The molecule has 0 aliphatic carbocycles. The van der Waals surface area contributed by atoms with Crippen LogP contribution < -0.4 is 10.6 Å². The maximum Gasteiger partial charge on any atom is 0.270 e. The lowest BCUT2D eigenvalue weighted by Crippen LogP contribution is -2.31. The van der Waals surface area contributed by atoms with E-state index in [2.05, 4.69) is 30.7 Å². The van der Waals surface area contributed by atoms with Crippen LogP contribution in [-0.2, 0) is 23.3 Å². The number of anilines is 1. The number of nitrogens with one attached hydrogen (secondary N) is 2. The van der Waals surface area contributed by atoms with E-state index in [1.165, 1.54) is 12.3 Å². The van der Waals surface area contributed by atoms with Crippen molar-refractivity contribution in [2.45, 2.75) is 32.4 Å². The molecule has 190 valence electrons. The SMILES string of the molecule is CC1(C)C(=O)Nc2nc(-c3nn(Cc4ccccc4F)c4ncccc34)nc(C(=O)NCc3ccco3)c21. The summed E-state index contributed by atoms with van der Waals surface area (Å²) in [4.78, 5) is 39.8. The monoisotopic (exact) mass is 511 g/mol. The van der Waals surface area contributed by atoms with Gasteiger partial charge in [-0.25, -0.2) is 24.0 Å². The Balaban J connectivity index is 1.47. The van der Waals surface area contributed by atoms with Gasteiger partial charge in [0.05, 0.1) is 30.2 Å². The van der Waals surface area contributed by atoms with Crippen molar-refractivity contribution in [2.75, 3.05) is 5.32 Å². The highest BCUT2D eigenvalue weighted by molar-refractivity contribution is 6.09. The van der Waals surface area contributed by atoms with Gasteiger partial charge < -0.3 is 15.1 Å². The van der Waals surface area contributed by atoms with Crippen molar-refractivity contribution in [1.82, 2.24) is 30.0 Å². The van der Waals surface area contributed by atoms with E-state index in [1.807, 2.05) is 0 Å². The highest BCUT2D eigenvalue weighted by atomic mass is 19.1. The molecule has 0 bridgehead atoms. The number of furan rings is 1. The Morgan fingerprint density at radius 3 is 2.76 bits per heavy atom. The molecule has 11 heteroatoms. The van der Waals surface area contributed by atoms with Gasteiger partial charge in [-0.1, -0.05) is 18.2 Å². The molecule has 2 N–H and O–H groups in total. The fourth-order valence-electron chi connectivity index (χ4n) is 4.53. The van der Waals surface area contributed by atoms with E-state index in [4.69, 9.17) is 4.42 Å². The summed E-state index contributed by atoms with van der Waals surface area (Å²) in [7, 11) is 0. The minimum atomic E-state index is -1.03. The first-order valence-corrected chi connectivity index (χ1v) is 11.9. The molecule has 5 aromatic rings. The van der Waals surface area contributed by atoms with Crippen molar-refractivity contribution in [3.8, 4) is 11.5 Å². The lowest BCUT2D eigenvalue weighted by molar-refractivity contribution is -0.119. The summed E-state index contributed by atoms with van der Waals surface area (Å²) in [6, 6.07) is 13.5. The van der Waals surface area contributed by atoms with E-state index >= 15 is 0 Å². The molecule has 0 saturated heterocycles. The Morgan fingerprint density at radius 1 is 1.13 bits per heavy atom. The molecule has 4 aromatic heterocycles. The number of hydrogen-bond donors (Lipinski definition) is 2. The van der Waals surface area contributed by atoms with E-state index < -0.39 is 11.3 Å². The maximum atomic E-state index is 14.4. The van der Waals surface area contributed by atoms with Crippen molar-refractivity contribution in [1.29, 1.82) is 0 Å². The fourth-order valence-corrected chi connectivity index (χ4v) is 4.53. The number of amides is 2. The molecule has 0 radical (unpaired) electrons. The summed E-state index contributed by atoms with van der Waals surface area (Å²) in [5.74, 6) is -0.191. The van der Waals surface area contributed by atoms with Gasteiger partial charge in [0.1, 0.15) is 28.8 Å². The van der Waals surface area contributed by atoms with Gasteiger partial charge in [-0.2, -0.15) is 5.10 Å². The number of carbonyl (C=O) groups excluding carboxylic acids is 2. The molecule has 1 aliphatic rings. The number of benzene rings is 1. The maximum absolute atomic E-state index is 14.4. The van der Waals surface area contributed by atoms with Crippen LogP contribution in [0, 0.1) is 5.82 Å². The molecular weight excluding hydrogens is 489 g/mol. The quantitative estimate of drug-likeness (QED) is 0.355. The number of rotatable bonds is 6. The van der Waals surface area contributed by atoms with Gasteiger partial charge in [0.25, 0.3) is 5.91 Å². The third-order valence-electron chi connectivity index (χ3n) is 6.55. The van der Waals surface area contributed by atoms with Gasteiger partial charge in [0.15, 0.2) is 11.5 Å². The first-order valence-electron chi connectivity index (χ1n) is 11.9. The molecule has 0 saturated carbocycles. The summed E-state index contributed by atoms with van der Waals surface area (Å²) in [5, 5.41) is 10.9. The van der Waals surface area contributed by atoms with Gasteiger partial charge in [-0.3, -0.25) is 9.59 Å². The summed E-state index contributed by atoms with van der Waals surface area (Å²) < 4.78 is 21.3. The standard InChI is InChI=1S/C27H22FN7O3/c1-27(2)19-21(25(36)30-13-16-8-6-12-38-16)31-23(32-22(19)33-26(27)37)20-17-9-5-11-29-24(17)35(34-20)14-15-7-3-4-10-18(15)28/h3-12H,13-14H2,1-2H3,(H,30,36)(H,31,32,33,37). The minimum Gasteiger partial charge on any atom is -0.467 e. The van der Waals surface area contributed by atoms with Crippen LogP contribution in [0.15, 0.2) is 65.4 Å². The third-order valence-corrected chi connectivity index (χ3v) is 6.55. The number of pyridine rings is 1. The largest absolute Gasteiger partial charge is 0.467 e. The van der Waals surface area contributed by atoms with Crippen LogP contribution >= 0.6 is 0 Å². The smallest absolute Gasteiger partial charge is 0.270 e. The molecule has 0 fully saturated rings. The number of hydrogen-bond acceptors (Lipinski definition) is 7. The van der Waals surface area contributed by atoms with Gasteiger partial charge in [-0.05, 0) is 44.2 Å². The molecule has 0 unspecified atom stereocenters. The number of halogens is 1. The zero-order valence-electron chi connectivity index (χ0n) is 20.5. The summed E-state index contributed by atoms with van der Waals surface area (Å²) in [6.07, 6.45) is 3.13. The van der Waals surface area contributed by atoms with Crippen LogP contribution in [0.5, 0.6) is 0 Å². The first-order chi connectivity index (χ1) is 18.3. The third kappa shape index (κ3) is 3.88. The summed E-state index contributed by atoms with van der Waals surface area (Å²) in [6.45, 7) is 3.70.